The van der Waals surface area contributed by atoms with E-state index < -0.39 is 0 Å². The minimum atomic E-state index is -0.307. The Labute approximate surface area is 119 Å². The summed E-state index contributed by atoms with van der Waals surface area (Å²) >= 11 is 0. The van der Waals surface area contributed by atoms with E-state index in [1.54, 1.807) is 6.07 Å². The van der Waals surface area contributed by atoms with Crippen LogP contribution in [0.5, 0.6) is 0 Å². The van der Waals surface area contributed by atoms with Crippen molar-refractivity contribution in [3.8, 4) is 0 Å². The van der Waals surface area contributed by atoms with E-state index in [9.17, 15) is 4.39 Å². The van der Waals surface area contributed by atoms with Crippen LogP contribution in [0.2, 0.25) is 0 Å². The van der Waals surface area contributed by atoms with E-state index in [4.69, 9.17) is 0 Å². The molecule has 4 nitrogen and oxygen atoms in total. The fourth-order valence-corrected chi connectivity index (χ4v) is 2.37. The second-order valence-electron chi connectivity index (χ2n) is 4.81. The van der Waals surface area contributed by atoms with E-state index in [0.717, 1.165) is 30.9 Å². The van der Waals surface area contributed by atoms with Gasteiger partial charge in [0.1, 0.15) is 5.82 Å². The summed E-state index contributed by atoms with van der Waals surface area (Å²) in [5.41, 5.74) is 3.04. The third-order valence-electron chi connectivity index (χ3n) is 3.26. The molecular formula is C15H21FN4. The summed E-state index contributed by atoms with van der Waals surface area (Å²) in [5.74, 6) is -0.307. The minimum absolute atomic E-state index is 0.0713. The average molecular weight is 276 g/mol. The van der Waals surface area contributed by atoms with Crippen molar-refractivity contribution in [2.24, 2.45) is 0 Å². The molecule has 2 rings (SSSR count). The van der Waals surface area contributed by atoms with Gasteiger partial charge < -0.3 is 5.32 Å². The lowest BCUT2D eigenvalue weighted by Crippen LogP contribution is -2.25. The number of rotatable bonds is 6. The monoisotopic (exact) mass is 276 g/mol. The van der Waals surface area contributed by atoms with Crippen molar-refractivity contribution >= 4 is 0 Å². The lowest BCUT2D eigenvalue weighted by atomic mass is 10.1. The van der Waals surface area contributed by atoms with Gasteiger partial charge in [0.2, 0.25) is 0 Å². The van der Waals surface area contributed by atoms with Crippen molar-refractivity contribution in [3.05, 3.63) is 47.3 Å². The quantitative estimate of drug-likeness (QED) is 0.882. The largest absolute Gasteiger partial charge is 0.309 e. The van der Waals surface area contributed by atoms with Crippen molar-refractivity contribution < 1.29 is 4.39 Å². The van der Waals surface area contributed by atoms with Gasteiger partial charge >= 0.3 is 0 Å². The molecule has 0 saturated heterocycles. The predicted octanol–water partition coefficient (Wildman–Crippen LogP) is 2.64. The Hall–Kier alpha value is -1.75. The van der Waals surface area contributed by atoms with Gasteiger partial charge in [-0.25, -0.2) is 4.39 Å². The van der Waals surface area contributed by atoms with E-state index >= 15 is 0 Å². The third-order valence-corrected chi connectivity index (χ3v) is 3.26. The molecule has 0 saturated carbocycles. The fraction of sp³-hybridized carbons (Fsp3) is 0.467. The first-order valence-corrected chi connectivity index (χ1v) is 7.02. The van der Waals surface area contributed by atoms with Crippen LogP contribution in [-0.2, 0) is 13.0 Å². The normalized spacial score (nSPS) is 12.6. The molecule has 0 aromatic carbocycles. The topological polar surface area (TPSA) is 42.7 Å². The van der Waals surface area contributed by atoms with Gasteiger partial charge in [0.25, 0.3) is 0 Å². The molecular weight excluding hydrogens is 255 g/mol. The van der Waals surface area contributed by atoms with Gasteiger partial charge in [-0.3, -0.25) is 9.67 Å². The summed E-state index contributed by atoms with van der Waals surface area (Å²) in [6.07, 6.45) is 2.06. The maximum absolute atomic E-state index is 13.0. The maximum Gasteiger partial charge on any atom is 0.141 e. The van der Waals surface area contributed by atoms with E-state index in [0.29, 0.717) is 0 Å². The summed E-state index contributed by atoms with van der Waals surface area (Å²) in [6.45, 7) is 7.81. The van der Waals surface area contributed by atoms with Gasteiger partial charge in [-0.1, -0.05) is 6.92 Å². The number of pyridine rings is 1. The van der Waals surface area contributed by atoms with Crippen molar-refractivity contribution in [2.45, 2.75) is 39.8 Å². The number of hydrogen-bond donors (Lipinski definition) is 1. The zero-order chi connectivity index (χ0) is 14.5. The molecule has 0 fully saturated rings. The molecule has 0 bridgehead atoms. The Morgan fingerprint density at radius 2 is 2.15 bits per heavy atom. The van der Waals surface area contributed by atoms with Gasteiger partial charge in [-0.15, -0.1) is 0 Å². The molecule has 1 unspecified atom stereocenters. The van der Waals surface area contributed by atoms with E-state index in [2.05, 4.69) is 35.3 Å². The minimum Gasteiger partial charge on any atom is -0.309 e. The molecule has 0 aliphatic carbocycles. The van der Waals surface area contributed by atoms with Gasteiger partial charge in [-0.2, -0.15) is 5.10 Å². The molecule has 1 N–H and O–H groups in total. The highest BCUT2D eigenvalue weighted by Crippen LogP contribution is 2.17. The molecule has 20 heavy (non-hydrogen) atoms. The Morgan fingerprint density at radius 1 is 1.35 bits per heavy atom. The van der Waals surface area contributed by atoms with E-state index in [-0.39, 0.29) is 11.9 Å². The van der Waals surface area contributed by atoms with Crippen LogP contribution in [-0.4, -0.2) is 21.3 Å². The summed E-state index contributed by atoms with van der Waals surface area (Å²) < 4.78 is 15.0. The van der Waals surface area contributed by atoms with Gasteiger partial charge in [-0.05, 0) is 38.6 Å². The number of nitrogens with one attached hydrogen (secondary N) is 1. The number of hydrogen-bond acceptors (Lipinski definition) is 3. The molecule has 0 aliphatic heterocycles. The van der Waals surface area contributed by atoms with Crippen molar-refractivity contribution in [1.29, 1.82) is 0 Å². The Kier molecular flexibility index (Phi) is 4.84. The molecule has 108 valence electrons. The molecule has 2 aromatic heterocycles. The van der Waals surface area contributed by atoms with Crippen LogP contribution in [0.15, 0.2) is 24.4 Å². The van der Waals surface area contributed by atoms with Crippen LogP contribution >= 0.6 is 0 Å². The first-order valence-electron chi connectivity index (χ1n) is 7.02. The fourth-order valence-electron chi connectivity index (χ4n) is 2.37. The van der Waals surface area contributed by atoms with Crippen LogP contribution in [0.4, 0.5) is 4.39 Å². The molecule has 0 spiro atoms. The van der Waals surface area contributed by atoms with E-state index in [1.165, 1.54) is 18.0 Å². The second-order valence-corrected chi connectivity index (χ2v) is 4.81. The Balaban J connectivity index is 2.22. The number of halogens is 1. The van der Waals surface area contributed by atoms with Crippen molar-refractivity contribution in [3.63, 3.8) is 0 Å². The van der Waals surface area contributed by atoms with Crippen LogP contribution in [0, 0.1) is 12.7 Å². The molecule has 0 amide bonds. The van der Waals surface area contributed by atoms with Crippen molar-refractivity contribution in [2.75, 3.05) is 6.54 Å². The Bertz CT molecular complexity index is 548. The summed E-state index contributed by atoms with van der Waals surface area (Å²) in [7, 11) is 0. The highest BCUT2D eigenvalue weighted by atomic mass is 19.1. The van der Waals surface area contributed by atoms with Gasteiger partial charge in [0.15, 0.2) is 0 Å². The van der Waals surface area contributed by atoms with Crippen LogP contribution in [0.25, 0.3) is 0 Å². The zero-order valence-corrected chi connectivity index (χ0v) is 12.2. The van der Waals surface area contributed by atoms with Gasteiger partial charge in [0.05, 0.1) is 23.6 Å². The summed E-state index contributed by atoms with van der Waals surface area (Å²) in [5, 5.41) is 7.86. The van der Waals surface area contributed by atoms with Crippen molar-refractivity contribution in [1.82, 2.24) is 20.1 Å². The smallest absolute Gasteiger partial charge is 0.141 e. The number of aromatic nitrogens is 3. The lowest BCUT2D eigenvalue weighted by Gasteiger charge is -2.17. The molecule has 5 heteroatoms. The van der Waals surface area contributed by atoms with Gasteiger partial charge in [0, 0.05) is 18.7 Å². The first kappa shape index (κ1) is 14.7. The molecule has 0 radical (unpaired) electrons. The molecule has 0 aliphatic rings. The van der Waals surface area contributed by atoms with E-state index in [1.807, 2.05) is 11.6 Å². The lowest BCUT2D eigenvalue weighted by molar-refractivity contribution is 0.504. The SMILES string of the molecule is CCNC(Cc1cc(C)nn1CC)c1ccc(F)cn1. The van der Waals surface area contributed by atoms with Crippen LogP contribution in [0.1, 0.15) is 37.0 Å². The average Bonchev–Trinajstić information content (AvgIpc) is 2.79. The molecule has 2 aromatic rings. The number of nitrogens with zero attached hydrogens (tertiary/aromatic N) is 3. The zero-order valence-electron chi connectivity index (χ0n) is 12.2. The Morgan fingerprint density at radius 3 is 2.75 bits per heavy atom. The number of likely N-dealkylation sites (N-methyl/N-ethyl adjacent to an activating group) is 1. The number of aryl methyl sites for hydroxylation is 2. The third kappa shape index (κ3) is 3.42. The van der Waals surface area contributed by atoms with Crippen LogP contribution in [0.3, 0.4) is 0 Å². The highest BCUT2D eigenvalue weighted by molar-refractivity contribution is 5.16. The van der Waals surface area contributed by atoms with Crippen LogP contribution < -0.4 is 5.32 Å². The summed E-state index contributed by atoms with van der Waals surface area (Å²) in [4.78, 5) is 4.19. The second kappa shape index (κ2) is 6.61. The maximum atomic E-state index is 13.0. The predicted molar refractivity (Wildman–Crippen MR) is 77.0 cm³/mol. The standard InChI is InChI=1S/C15H21FN4/c1-4-17-15(14-7-6-12(16)10-18-14)9-13-8-11(3)19-20(13)5-2/h6-8,10,15,17H,4-5,9H2,1-3H3. The molecule has 1 atom stereocenters. The summed E-state index contributed by atoms with van der Waals surface area (Å²) in [6, 6.07) is 5.36. The first-order chi connectivity index (χ1) is 9.63. The highest BCUT2D eigenvalue weighted by Gasteiger charge is 2.15. The molecule has 2 heterocycles.